The number of hydrogen-bond acceptors (Lipinski definition) is 3. The topological polar surface area (TPSA) is 56.7 Å². The second-order valence-corrected chi connectivity index (χ2v) is 4.03. The highest BCUT2D eigenvalue weighted by atomic mass is 19.1. The third-order valence-corrected chi connectivity index (χ3v) is 2.84. The molecule has 0 aliphatic carbocycles. The van der Waals surface area contributed by atoms with Gasteiger partial charge in [0.15, 0.2) is 0 Å². The molecule has 1 amide bonds. The van der Waals surface area contributed by atoms with Crippen LogP contribution in [0.25, 0.3) is 0 Å². The van der Waals surface area contributed by atoms with Crippen LogP contribution in [0.1, 0.15) is 5.56 Å². The van der Waals surface area contributed by atoms with Crippen LogP contribution in [-0.4, -0.2) is 52.2 Å². The number of pyridine rings is 1. The van der Waals surface area contributed by atoms with Gasteiger partial charge in [0, 0.05) is 38.9 Å². The summed E-state index contributed by atoms with van der Waals surface area (Å²) < 4.78 is 12.6. The fraction of sp³-hybridized carbons (Fsp3) is 0.455. The fourth-order valence-electron chi connectivity index (χ4n) is 1.86. The third kappa shape index (κ3) is 3.13. The highest BCUT2D eigenvalue weighted by Gasteiger charge is 2.20. The predicted molar refractivity (Wildman–Crippen MR) is 59.1 cm³/mol. The summed E-state index contributed by atoms with van der Waals surface area (Å²) in [6, 6.07) is 3.04. The molecule has 1 aromatic rings. The van der Waals surface area contributed by atoms with E-state index in [2.05, 4.69) is 9.88 Å². The maximum Gasteiger partial charge on any atom is 0.407 e. The summed E-state index contributed by atoms with van der Waals surface area (Å²) in [5, 5.41) is 8.80. The Morgan fingerprint density at radius 1 is 1.35 bits per heavy atom. The molecule has 1 aromatic heterocycles. The van der Waals surface area contributed by atoms with Crippen molar-refractivity contribution in [3.63, 3.8) is 0 Å². The number of aromatic nitrogens is 1. The zero-order valence-electron chi connectivity index (χ0n) is 9.34. The Labute approximate surface area is 98.5 Å². The standard InChI is InChI=1S/C11H14FN3O2/c12-10-2-1-9(7-13-10)8-14-3-5-15(6-4-14)11(16)17/h1-2,7H,3-6,8H2,(H,16,17). The van der Waals surface area contributed by atoms with Crippen molar-refractivity contribution < 1.29 is 14.3 Å². The first-order valence-electron chi connectivity index (χ1n) is 5.46. The lowest BCUT2D eigenvalue weighted by Gasteiger charge is -2.32. The Kier molecular flexibility index (Phi) is 3.53. The van der Waals surface area contributed by atoms with E-state index in [0.717, 1.165) is 5.56 Å². The Balaban J connectivity index is 1.85. The molecule has 1 saturated heterocycles. The first kappa shape index (κ1) is 11.8. The number of halogens is 1. The molecule has 0 atom stereocenters. The Morgan fingerprint density at radius 2 is 2.06 bits per heavy atom. The zero-order valence-corrected chi connectivity index (χ0v) is 9.34. The van der Waals surface area contributed by atoms with E-state index in [1.54, 1.807) is 6.07 Å². The maximum absolute atomic E-state index is 12.6. The van der Waals surface area contributed by atoms with E-state index in [1.807, 2.05) is 0 Å². The van der Waals surface area contributed by atoms with Gasteiger partial charge in [-0.1, -0.05) is 6.07 Å². The number of carboxylic acid groups (broad SMARTS) is 1. The van der Waals surface area contributed by atoms with Gasteiger partial charge < -0.3 is 10.0 Å². The Bertz CT molecular complexity index is 388. The first-order valence-corrected chi connectivity index (χ1v) is 5.46. The summed E-state index contributed by atoms with van der Waals surface area (Å²) in [5.74, 6) is -0.482. The van der Waals surface area contributed by atoms with Crippen molar-refractivity contribution in [2.45, 2.75) is 6.54 Å². The zero-order chi connectivity index (χ0) is 12.3. The molecule has 1 aliphatic heterocycles. The second-order valence-electron chi connectivity index (χ2n) is 4.03. The van der Waals surface area contributed by atoms with Crippen LogP contribution in [0.4, 0.5) is 9.18 Å². The number of piperazine rings is 1. The van der Waals surface area contributed by atoms with E-state index in [4.69, 9.17) is 5.11 Å². The molecule has 0 unspecified atom stereocenters. The van der Waals surface area contributed by atoms with E-state index in [-0.39, 0.29) is 0 Å². The smallest absolute Gasteiger partial charge is 0.407 e. The monoisotopic (exact) mass is 239 g/mol. The Hall–Kier alpha value is -1.69. The summed E-state index contributed by atoms with van der Waals surface area (Å²) in [6.45, 7) is 3.11. The van der Waals surface area contributed by atoms with Crippen LogP contribution < -0.4 is 0 Å². The molecule has 6 heteroatoms. The van der Waals surface area contributed by atoms with Gasteiger partial charge in [-0.15, -0.1) is 0 Å². The summed E-state index contributed by atoms with van der Waals surface area (Å²) in [5.41, 5.74) is 0.940. The largest absolute Gasteiger partial charge is 0.465 e. The van der Waals surface area contributed by atoms with E-state index >= 15 is 0 Å². The van der Waals surface area contributed by atoms with E-state index < -0.39 is 12.0 Å². The van der Waals surface area contributed by atoms with Gasteiger partial charge >= 0.3 is 6.09 Å². The average molecular weight is 239 g/mol. The lowest BCUT2D eigenvalue weighted by Crippen LogP contribution is -2.47. The average Bonchev–Trinajstić information content (AvgIpc) is 2.33. The summed E-state index contributed by atoms with van der Waals surface area (Å²) in [4.78, 5) is 17.8. The van der Waals surface area contributed by atoms with E-state index in [0.29, 0.717) is 32.7 Å². The van der Waals surface area contributed by atoms with Gasteiger partial charge in [0.25, 0.3) is 0 Å². The minimum absolute atomic E-state index is 0.482. The van der Waals surface area contributed by atoms with Crippen LogP contribution in [0.3, 0.4) is 0 Å². The summed E-state index contributed by atoms with van der Waals surface area (Å²) >= 11 is 0. The minimum Gasteiger partial charge on any atom is -0.465 e. The lowest BCUT2D eigenvalue weighted by atomic mass is 10.2. The molecule has 2 rings (SSSR count). The van der Waals surface area contributed by atoms with Gasteiger partial charge in [-0.3, -0.25) is 4.90 Å². The molecule has 92 valence electrons. The third-order valence-electron chi connectivity index (χ3n) is 2.84. The van der Waals surface area contributed by atoms with Crippen LogP contribution in [0, 0.1) is 5.95 Å². The molecule has 17 heavy (non-hydrogen) atoms. The molecule has 0 aromatic carbocycles. The van der Waals surface area contributed by atoms with Crippen molar-refractivity contribution in [3.8, 4) is 0 Å². The van der Waals surface area contributed by atoms with Crippen LogP contribution >= 0.6 is 0 Å². The quantitative estimate of drug-likeness (QED) is 0.783. The normalized spacial score (nSPS) is 17.1. The molecular weight excluding hydrogens is 225 g/mol. The van der Waals surface area contributed by atoms with Crippen molar-refractivity contribution in [2.24, 2.45) is 0 Å². The van der Waals surface area contributed by atoms with Gasteiger partial charge in [0.2, 0.25) is 5.95 Å². The minimum atomic E-state index is -0.868. The van der Waals surface area contributed by atoms with Crippen molar-refractivity contribution in [2.75, 3.05) is 26.2 Å². The fourth-order valence-corrected chi connectivity index (χ4v) is 1.86. The summed E-state index contributed by atoms with van der Waals surface area (Å²) in [7, 11) is 0. The molecule has 0 spiro atoms. The molecule has 0 bridgehead atoms. The molecule has 1 aliphatic rings. The van der Waals surface area contributed by atoms with Crippen LogP contribution in [0.15, 0.2) is 18.3 Å². The highest BCUT2D eigenvalue weighted by molar-refractivity contribution is 5.65. The molecule has 1 N–H and O–H groups in total. The van der Waals surface area contributed by atoms with Crippen molar-refractivity contribution in [1.29, 1.82) is 0 Å². The van der Waals surface area contributed by atoms with Crippen LogP contribution in [-0.2, 0) is 6.54 Å². The predicted octanol–water partition coefficient (Wildman–Crippen LogP) is 1.02. The van der Waals surface area contributed by atoms with Gasteiger partial charge in [-0.05, 0) is 11.6 Å². The molecule has 5 nitrogen and oxygen atoms in total. The van der Waals surface area contributed by atoms with E-state index in [9.17, 15) is 9.18 Å². The lowest BCUT2D eigenvalue weighted by molar-refractivity contribution is 0.103. The van der Waals surface area contributed by atoms with Crippen molar-refractivity contribution in [3.05, 3.63) is 29.8 Å². The van der Waals surface area contributed by atoms with Gasteiger partial charge in [-0.2, -0.15) is 4.39 Å². The van der Waals surface area contributed by atoms with Crippen molar-refractivity contribution >= 4 is 6.09 Å². The number of nitrogens with zero attached hydrogens (tertiary/aromatic N) is 3. The first-order chi connectivity index (χ1) is 8.15. The number of amides is 1. The summed E-state index contributed by atoms with van der Waals surface area (Å²) in [6.07, 6.45) is 0.645. The SMILES string of the molecule is O=C(O)N1CCN(Cc2ccc(F)nc2)CC1. The number of hydrogen-bond donors (Lipinski definition) is 1. The molecular formula is C11H14FN3O2. The van der Waals surface area contributed by atoms with Gasteiger partial charge in [0.05, 0.1) is 0 Å². The van der Waals surface area contributed by atoms with Gasteiger partial charge in [0.1, 0.15) is 0 Å². The Morgan fingerprint density at radius 3 is 2.59 bits per heavy atom. The van der Waals surface area contributed by atoms with Crippen LogP contribution in [0.5, 0.6) is 0 Å². The van der Waals surface area contributed by atoms with Crippen LogP contribution in [0.2, 0.25) is 0 Å². The number of rotatable bonds is 2. The van der Waals surface area contributed by atoms with E-state index in [1.165, 1.54) is 17.2 Å². The van der Waals surface area contributed by atoms with Crippen molar-refractivity contribution in [1.82, 2.24) is 14.8 Å². The molecule has 1 fully saturated rings. The number of carbonyl (C=O) groups is 1. The second kappa shape index (κ2) is 5.09. The molecule has 0 saturated carbocycles. The maximum atomic E-state index is 12.6. The molecule has 0 radical (unpaired) electrons. The van der Waals surface area contributed by atoms with Gasteiger partial charge in [-0.25, -0.2) is 9.78 Å². The molecule has 2 heterocycles. The highest BCUT2D eigenvalue weighted by Crippen LogP contribution is 2.08.